The number of furan rings is 1. The Hall–Kier alpha value is -6.60. The van der Waals surface area contributed by atoms with E-state index in [9.17, 15) is 0 Å². The molecule has 5 heterocycles. The van der Waals surface area contributed by atoms with Gasteiger partial charge >= 0.3 is 0 Å². The average molecular weight is 724 g/mol. The molecule has 5 aromatic heterocycles. The number of fused-ring (bicyclic) bond motifs is 18. The van der Waals surface area contributed by atoms with Crippen molar-refractivity contribution in [3.05, 3.63) is 152 Å². The second-order valence-corrected chi connectivity index (χ2v) is 16.1. The molecule has 6 heteroatoms. The number of rotatable bonds is 2. The minimum Gasteiger partial charge on any atom is -0.456 e. The van der Waals surface area contributed by atoms with E-state index >= 15 is 0 Å². The Morgan fingerprint density at radius 3 is 1.98 bits per heavy atom. The van der Waals surface area contributed by atoms with Crippen molar-refractivity contribution in [1.82, 2.24) is 14.5 Å². The third kappa shape index (κ3) is 3.75. The average Bonchev–Trinajstić information content (AvgIpc) is 3.99. The van der Waals surface area contributed by atoms with E-state index in [0.717, 1.165) is 59.8 Å². The molecule has 0 bridgehead atoms. The molecule has 0 aliphatic carbocycles. The van der Waals surface area contributed by atoms with E-state index in [2.05, 4.69) is 156 Å². The van der Waals surface area contributed by atoms with Crippen LogP contribution < -0.4 is 0 Å². The molecular weight excluding hydrogens is 699 g/mol. The van der Waals surface area contributed by atoms with Crippen LogP contribution in [-0.2, 0) is 0 Å². The summed E-state index contributed by atoms with van der Waals surface area (Å²) in [4.78, 5) is 11.1. The van der Waals surface area contributed by atoms with Crippen molar-refractivity contribution in [3.63, 3.8) is 0 Å². The SMILES string of the molecule is c1ccc2c(c1)ccc1oc3cc(-c4nc(-n5c6ccccc6c6c7ccccc7c7c8ccccc8sc7c65)nc5c4sc4ccccc45)ccc3c12. The zero-order valence-corrected chi connectivity index (χ0v) is 30.1. The number of aromatic nitrogens is 3. The molecule has 0 spiro atoms. The van der Waals surface area contributed by atoms with Gasteiger partial charge in [-0.1, -0.05) is 115 Å². The molecule has 250 valence electrons. The molecule has 0 radical (unpaired) electrons. The lowest BCUT2D eigenvalue weighted by Crippen LogP contribution is -2.03. The standard InChI is InChI=1S/C48H25N3OS2/c1-2-12-28-26(11-1)22-24-36-40(28)32-23-21-27(25-37(32)52-36)43-47-44(34-17-7-10-20-39(34)54-47)50-48(49-43)51-35-18-8-5-15-31(35)41-29-13-3-4-14-30(29)42-33-16-6-9-19-38(33)53-46(42)45(41)51/h1-25H. The van der Waals surface area contributed by atoms with Gasteiger partial charge in [0, 0.05) is 52.7 Å². The van der Waals surface area contributed by atoms with Gasteiger partial charge in [0.2, 0.25) is 5.95 Å². The van der Waals surface area contributed by atoms with Gasteiger partial charge in [-0.3, -0.25) is 4.57 Å². The highest BCUT2D eigenvalue weighted by molar-refractivity contribution is 7.27. The Kier molecular flexibility index (Phi) is 5.63. The summed E-state index contributed by atoms with van der Waals surface area (Å²) in [6.45, 7) is 0. The topological polar surface area (TPSA) is 43.9 Å². The van der Waals surface area contributed by atoms with E-state index in [0.29, 0.717) is 5.95 Å². The van der Waals surface area contributed by atoms with Crippen molar-refractivity contribution in [3.8, 4) is 17.2 Å². The summed E-state index contributed by atoms with van der Waals surface area (Å²) >= 11 is 3.61. The number of nitrogens with zero attached hydrogens (tertiary/aromatic N) is 3. The van der Waals surface area contributed by atoms with E-state index in [1.165, 1.54) is 57.2 Å². The zero-order valence-electron chi connectivity index (χ0n) is 28.5. The quantitative estimate of drug-likeness (QED) is 0.178. The van der Waals surface area contributed by atoms with Crippen LogP contribution in [0.3, 0.4) is 0 Å². The highest BCUT2D eigenvalue weighted by Crippen LogP contribution is 2.48. The first kappa shape index (κ1) is 28.9. The van der Waals surface area contributed by atoms with Crippen LogP contribution in [0.5, 0.6) is 0 Å². The van der Waals surface area contributed by atoms with Gasteiger partial charge < -0.3 is 4.42 Å². The summed E-state index contributed by atoms with van der Waals surface area (Å²) in [5.41, 5.74) is 6.85. The molecule has 13 aromatic rings. The normalized spacial score (nSPS) is 12.4. The maximum atomic E-state index is 6.59. The van der Waals surface area contributed by atoms with Crippen LogP contribution in [0.2, 0.25) is 0 Å². The Morgan fingerprint density at radius 1 is 0.463 bits per heavy atom. The number of hydrogen-bond donors (Lipinski definition) is 0. The van der Waals surface area contributed by atoms with Crippen molar-refractivity contribution in [1.29, 1.82) is 0 Å². The van der Waals surface area contributed by atoms with Crippen molar-refractivity contribution in [2.75, 3.05) is 0 Å². The van der Waals surface area contributed by atoms with Crippen molar-refractivity contribution >= 4 is 128 Å². The van der Waals surface area contributed by atoms with Crippen LogP contribution in [0.25, 0.3) is 123 Å². The molecule has 0 saturated heterocycles. The van der Waals surface area contributed by atoms with Crippen LogP contribution in [-0.4, -0.2) is 14.5 Å². The molecule has 0 aliphatic rings. The van der Waals surface area contributed by atoms with Crippen LogP contribution >= 0.6 is 22.7 Å². The van der Waals surface area contributed by atoms with Gasteiger partial charge in [0.05, 0.1) is 31.6 Å². The molecule has 8 aromatic carbocycles. The first-order chi connectivity index (χ1) is 26.8. The molecule has 0 amide bonds. The maximum absolute atomic E-state index is 6.59. The Labute approximate surface area is 314 Å². The minimum absolute atomic E-state index is 0.664. The summed E-state index contributed by atoms with van der Waals surface area (Å²) in [7, 11) is 0. The molecule has 0 fully saturated rings. The van der Waals surface area contributed by atoms with Gasteiger partial charge in [-0.2, -0.15) is 0 Å². The molecule has 54 heavy (non-hydrogen) atoms. The van der Waals surface area contributed by atoms with Crippen LogP contribution in [0, 0.1) is 0 Å². The number of para-hydroxylation sites is 1. The summed E-state index contributed by atoms with van der Waals surface area (Å²) in [6.07, 6.45) is 0. The van der Waals surface area contributed by atoms with Gasteiger partial charge in [-0.15, -0.1) is 22.7 Å². The summed E-state index contributed by atoms with van der Waals surface area (Å²) in [5, 5.41) is 13.3. The number of thiophene rings is 2. The Morgan fingerprint density at radius 2 is 1.13 bits per heavy atom. The molecule has 0 atom stereocenters. The predicted molar refractivity (Wildman–Crippen MR) is 230 cm³/mol. The predicted octanol–water partition coefficient (Wildman–Crippen LogP) is 14.2. The Bertz CT molecular complexity index is 3750. The highest BCUT2D eigenvalue weighted by atomic mass is 32.1. The van der Waals surface area contributed by atoms with Crippen LogP contribution in [0.15, 0.2) is 156 Å². The van der Waals surface area contributed by atoms with Gasteiger partial charge in [0.15, 0.2) is 0 Å². The number of benzene rings is 8. The molecule has 4 nitrogen and oxygen atoms in total. The summed E-state index contributed by atoms with van der Waals surface area (Å²) in [6, 6.07) is 54.3. The Balaban J connectivity index is 1.18. The fourth-order valence-corrected chi connectivity index (χ4v) is 11.3. The molecule has 0 unspecified atom stereocenters. The molecular formula is C48H25N3OS2. The molecule has 13 rings (SSSR count). The van der Waals surface area contributed by atoms with E-state index in [1.807, 2.05) is 11.3 Å². The van der Waals surface area contributed by atoms with Gasteiger partial charge in [0.1, 0.15) is 11.2 Å². The molecule has 0 aliphatic heterocycles. The lowest BCUT2D eigenvalue weighted by atomic mass is 9.99. The fourth-order valence-electron chi connectivity index (χ4n) is 8.90. The summed E-state index contributed by atoms with van der Waals surface area (Å²) < 4.78 is 13.7. The highest BCUT2D eigenvalue weighted by Gasteiger charge is 2.25. The first-order valence-corrected chi connectivity index (χ1v) is 19.7. The second-order valence-electron chi connectivity index (χ2n) is 14.0. The van der Waals surface area contributed by atoms with Crippen LogP contribution in [0.1, 0.15) is 0 Å². The summed E-state index contributed by atoms with van der Waals surface area (Å²) in [5.74, 6) is 0.664. The lowest BCUT2D eigenvalue weighted by Gasteiger charge is -2.11. The second kappa shape index (κ2) is 10.5. The van der Waals surface area contributed by atoms with E-state index in [1.54, 1.807) is 11.3 Å². The third-order valence-corrected chi connectivity index (χ3v) is 13.5. The monoisotopic (exact) mass is 723 g/mol. The van der Waals surface area contributed by atoms with E-state index in [-0.39, 0.29) is 0 Å². The third-order valence-electron chi connectivity index (χ3n) is 11.2. The first-order valence-electron chi connectivity index (χ1n) is 18.1. The van der Waals surface area contributed by atoms with Gasteiger partial charge in [-0.05, 0) is 57.9 Å². The van der Waals surface area contributed by atoms with Crippen LogP contribution in [0.4, 0.5) is 0 Å². The van der Waals surface area contributed by atoms with Gasteiger partial charge in [0.25, 0.3) is 0 Å². The van der Waals surface area contributed by atoms with E-state index < -0.39 is 0 Å². The number of hydrogen-bond acceptors (Lipinski definition) is 5. The molecule has 0 saturated carbocycles. The van der Waals surface area contributed by atoms with Crippen molar-refractivity contribution in [2.45, 2.75) is 0 Å². The smallest absolute Gasteiger partial charge is 0.235 e. The minimum atomic E-state index is 0.664. The fraction of sp³-hybridized carbons (Fsp3) is 0. The van der Waals surface area contributed by atoms with Crippen molar-refractivity contribution in [2.24, 2.45) is 0 Å². The van der Waals surface area contributed by atoms with Crippen molar-refractivity contribution < 1.29 is 4.42 Å². The molecule has 0 N–H and O–H groups in total. The zero-order chi connectivity index (χ0) is 35.1. The van der Waals surface area contributed by atoms with Gasteiger partial charge in [-0.25, -0.2) is 9.97 Å². The lowest BCUT2D eigenvalue weighted by molar-refractivity contribution is 0.669. The van der Waals surface area contributed by atoms with E-state index in [4.69, 9.17) is 14.4 Å². The maximum Gasteiger partial charge on any atom is 0.235 e. The largest absolute Gasteiger partial charge is 0.456 e.